The predicted molar refractivity (Wildman–Crippen MR) is 85.5 cm³/mol. The van der Waals surface area contributed by atoms with Crippen LogP contribution < -0.4 is 5.32 Å². The van der Waals surface area contributed by atoms with Gasteiger partial charge in [-0.05, 0) is 19.8 Å². The van der Waals surface area contributed by atoms with Crippen molar-refractivity contribution in [2.24, 2.45) is 4.99 Å². The van der Waals surface area contributed by atoms with Gasteiger partial charge in [0.2, 0.25) is 5.91 Å². The second-order valence-corrected chi connectivity index (χ2v) is 6.48. The number of piperazine rings is 1. The Morgan fingerprint density at radius 3 is 2.96 bits per heavy atom. The molecule has 4 rings (SSSR count). The second-order valence-electron chi connectivity index (χ2n) is 6.48. The van der Waals surface area contributed by atoms with E-state index in [1.54, 1.807) is 6.07 Å². The van der Waals surface area contributed by atoms with Gasteiger partial charge in [-0.15, -0.1) is 0 Å². The van der Waals surface area contributed by atoms with Gasteiger partial charge in [0.15, 0.2) is 0 Å². The number of amides is 1. The first-order valence-corrected chi connectivity index (χ1v) is 8.06. The number of carbonyl (C=O) groups is 1. The van der Waals surface area contributed by atoms with Gasteiger partial charge in [0.25, 0.3) is 11.7 Å². The molecule has 2 aliphatic heterocycles. The van der Waals surface area contributed by atoms with Crippen molar-refractivity contribution in [3.63, 3.8) is 0 Å². The lowest BCUT2D eigenvalue weighted by Crippen LogP contribution is -2.59. The molecule has 2 unspecified atom stereocenters. The summed E-state index contributed by atoms with van der Waals surface area (Å²) in [6, 6.07) is 6.75. The zero-order chi connectivity index (χ0) is 16.9. The quantitative estimate of drug-likeness (QED) is 0.652. The average Bonchev–Trinajstić information content (AvgIpc) is 3.26. The van der Waals surface area contributed by atoms with Crippen molar-refractivity contribution in [2.45, 2.75) is 37.5 Å². The van der Waals surface area contributed by atoms with E-state index >= 15 is 0 Å². The fourth-order valence-electron chi connectivity index (χ4n) is 3.46. The Kier molecular flexibility index (Phi) is 3.22. The highest BCUT2D eigenvalue weighted by atomic mass is 16.6. The van der Waals surface area contributed by atoms with Crippen LogP contribution in [0.1, 0.15) is 31.4 Å². The Labute approximate surface area is 138 Å². The lowest BCUT2D eigenvalue weighted by Gasteiger charge is -2.36. The molecule has 8 nitrogen and oxygen atoms in total. The van der Waals surface area contributed by atoms with Gasteiger partial charge in [0, 0.05) is 30.8 Å². The zero-order valence-corrected chi connectivity index (χ0v) is 13.3. The van der Waals surface area contributed by atoms with Crippen LogP contribution in [0.2, 0.25) is 0 Å². The first-order valence-electron chi connectivity index (χ1n) is 8.06. The molecule has 3 aliphatic rings. The first-order chi connectivity index (χ1) is 11.5. The fraction of sp³-hybridized carbons (Fsp3) is 0.500. The van der Waals surface area contributed by atoms with E-state index < -0.39 is 10.5 Å². The molecule has 2 fully saturated rings. The van der Waals surface area contributed by atoms with Crippen molar-refractivity contribution in [2.75, 3.05) is 13.1 Å². The fourth-order valence-corrected chi connectivity index (χ4v) is 3.46. The van der Waals surface area contributed by atoms with Crippen molar-refractivity contribution >= 4 is 17.6 Å². The van der Waals surface area contributed by atoms with Crippen molar-refractivity contribution in [3.05, 3.63) is 39.9 Å². The van der Waals surface area contributed by atoms with Crippen LogP contribution in [0.5, 0.6) is 0 Å². The molecule has 1 aliphatic carbocycles. The number of carbonyl (C=O) groups excluding carboxylic acids is 1. The number of benzene rings is 1. The third-order valence-corrected chi connectivity index (χ3v) is 4.91. The average molecular weight is 330 g/mol. The maximum atomic E-state index is 12.2. The number of hydrogen-bond acceptors (Lipinski definition) is 6. The van der Waals surface area contributed by atoms with Gasteiger partial charge in [-0.1, -0.05) is 12.1 Å². The van der Waals surface area contributed by atoms with E-state index in [-0.39, 0.29) is 23.7 Å². The SMILES string of the molecule is CC1N=C(N2CCNC(=O)C23CC3)OC1c1cccc([N+](=O)[O-])c1. The van der Waals surface area contributed by atoms with E-state index in [9.17, 15) is 14.9 Å². The summed E-state index contributed by atoms with van der Waals surface area (Å²) in [7, 11) is 0. The molecule has 8 heteroatoms. The number of nitro groups is 1. The third-order valence-electron chi connectivity index (χ3n) is 4.91. The Bertz CT molecular complexity index is 743. The maximum absolute atomic E-state index is 12.2. The Morgan fingerprint density at radius 2 is 2.25 bits per heavy atom. The summed E-state index contributed by atoms with van der Waals surface area (Å²) in [6.07, 6.45) is 1.23. The lowest BCUT2D eigenvalue weighted by molar-refractivity contribution is -0.385. The van der Waals surface area contributed by atoms with Crippen LogP contribution in [0.25, 0.3) is 0 Å². The zero-order valence-electron chi connectivity index (χ0n) is 13.3. The molecule has 1 saturated carbocycles. The highest BCUT2D eigenvalue weighted by Crippen LogP contribution is 2.45. The molecular formula is C16H18N4O4. The lowest BCUT2D eigenvalue weighted by atomic mass is 10.0. The van der Waals surface area contributed by atoms with Crippen LogP contribution in [-0.4, -0.2) is 46.4 Å². The van der Waals surface area contributed by atoms with Gasteiger partial charge in [-0.25, -0.2) is 4.99 Å². The Morgan fingerprint density at radius 1 is 1.46 bits per heavy atom. The number of hydrogen-bond donors (Lipinski definition) is 1. The van der Waals surface area contributed by atoms with E-state index in [0.717, 1.165) is 18.4 Å². The monoisotopic (exact) mass is 330 g/mol. The van der Waals surface area contributed by atoms with Gasteiger partial charge < -0.3 is 15.0 Å². The van der Waals surface area contributed by atoms with Crippen LogP contribution in [0.15, 0.2) is 29.3 Å². The van der Waals surface area contributed by atoms with Crippen LogP contribution in [0, 0.1) is 10.1 Å². The van der Waals surface area contributed by atoms with Gasteiger partial charge in [0.1, 0.15) is 11.6 Å². The van der Waals surface area contributed by atoms with Crippen molar-refractivity contribution in [1.82, 2.24) is 10.2 Å². The van der Waals surface area contributed by atoms with E-state index in [2.05, 4.69) is 10.3 Å². The van der Waals surface area contributed by atoms with E-state index in [1.807, 2.05) is 17.9 Å². The summed E-state index contributed by atoms with van der Waals surface area (Å²) in [5.74, 6) is 0.0338. The molecule has 2 atom stereocenters. The molecule has 0 bridgehead atoms. The molecule has 1 aromatic rings. The smallest absolute Gasteiger partial charge is 0.289 e. The number of nitrogens with zero attached hydrogens (tertiary/aromatic N) is 3. The summed E-state index contributed by atoms with van der Waals surface area (Å²) >= 11 is 0. The molecule has 24 heavy (non-hydrogen) atoms. The van der Waals surface area contributed by atoms with Gasteiger partial charge >= 0.3 is 0 Å². The topological polar surface area (TPSA) is 97.1 Å². The Hall–Kier alpha value is -2.64. The van der Waals surface area contributed by atoms with Crippen LogP contribution >= 0.6 is 0 Å². The number of rotatable bonds is 2. The van der Waals surface area contributed by atoms with Gasteiger partial charge in [-0.2, -0.15) is 0 Å². The van der Waals surface area contributed by atoms with Crippen LogP contribution in [0.4, 0.5) is 5.69 Å². The first kappa shape index (κ1) is 14.9. The summed E-state index contributed by atoms with van der Waals surface area (Å²) in [6.45, 7) is 3.15. The molecule has 0 aromatic heterocycles. The minimum absolute atomic E-state index is 0.0338. The molecule has 1 amide bonds. The van der Waals surface area contributed by atoms with E-state index in [1.165, 1.54) is 12.1 Å². The largest absolute Gasteiger partial charge is 0.455 e. The Balaban J connectivity index is 1.57. The third kappa shape index (κ3) is 2.21. The summed E-state index contributed by atoms with van der Waals surface area (Å²) in [4.78, 5) is 29.3. The van der Waals surface area contributed by atoms with Crippen LogP contribution in [-0.2, 0) is 9.53 Å². The standard InChI is InChI=1S/C16H18N4O4/c1-10-13(11-3-2-4-12(9-11)20(22)23)24-15(18-10)19-8-7-17-14(21)16(19)5-6-16/h2-4,9-10,13H,5-8H2,1H3,(H,17,21). The number of nitrogens with one attached hydrogen (secondary N) is 1. The number of aliphatic imine (C=N–C) groups is 1. The number of ether oxygens (including phenoxy) is 1. The summed E-state index contributed by atoms with van der Waals surface area (Å²) in [5, 5.41) is 13.9. The molecule has 0 radical (unpaired) electrons. The predicted octanol–water partition coefficient (Wildman–Crippen LogP) is 1.37. The highest BCUT2D eigenvalue weighted by molar-refractivity contribution is 5.95. The summed E-state index contributed by atoms with van der Waals surface area (Å²) < 4.78 is 6.03. The minimum Gasteiger partial charge on any atom is -0.455 e. The second kappa shape index (κ2) is 5.19. The van der Waals surface area contributed by atoms with Gasteiger partial charge in [0.05, 0.1) is 11.0 Å². The number of amidine groups is 1. The molecule has 1 aromatic carbocycles. The number of non-ortho nitro benzene ring substituents is 1. The van der Waals surface area contributed by atoms with Crippen molar-refractivity contribution in [3.8, 4) is 0 Å². The molecule has 126 valence electrons. The van der Waals surface area contributed by atoms with E-state index in [4.69, 9.17) is 4.74 Å². The normalized spacial score (nSPS) is 27.5. The van der Waals surface area contributed by atoms with E-state index in [0.29, 0.717) is 19.1 Å². The molecule has 1 N–H and O–H groups in total. The molecular weight excluding hydrogens is 312 g/mol. The maximum Gasteiger partial charge on any atom is 0.289 e. The van der Waals surface area contributed by atoms with Crippen LogP contribution in [0.3, 0.4) is 0 Å². The van der Waals surface area contributed by atoms with Crippen molar-refractivity contribution in [1.29, 1.82) is 0 Å². The van der Waals surface area contributed by atoms with Gasteiger partial charge in [-0.3, -0.25) is 14.9 Å². The molecule has 1 saturated heterocycles. The molecule has 2 heterocycles. The molecule has 1 spiro atoms. The highest BCUT2D eigenvalue weighted by Gasteiger charge is 2.58. The van der Waals surface area contributed by atoms with Crippen molar-refractivity contribution < 1.29 is 14.5 Å². The minimum atomic E-state index is -0.506. The summed E-state index contributed by atoms with van der Waals surface area (Å²) in [5.41, 5.74) is 0.253. The number of nitro benzene ring substituents is 1.